The number of rotatable bonds is 7. The summed E-state index contributed by atoms with van der Waals surface area (Å²) in [6.07, 6.45) is 3.21. The predicted octanol–water partition coefficient (Wildman–Crippen LogP) is 4.17. The SMILES string of the molecule is CCOc1cc2nc([C@]34CCOC[C@H]3C4)cn2cc1CC(=O)c1cccc(C(F)F)n1. The molecule has 0 aromatic carbocycles. The van der Waals surface area contributed by atoms with Crippen LogP contribution in [0.2, 0.25) is 0 Å². The monoisotopic (exact) mass is 427 g/mol. The first-order chi connectivity index (χ1) is 15.0. The number of imidazole rings is 1. The first-order valence-corrected chi connectivity index (χ1v) is 10.5. The number of fused-ring (bicyclic) bond motifs is 2. The second kappa shape index (κ2) is 7.67. The third-order valence-electron chi connectivity index (χ3n) is 6.32. The molecule has 0 spiro atoms. The van der Waals surface area contributed by atoms with Crippen molar-refractivity contribution in [3.05, 3.63) is 59.3 Å². The maximum absolute atomic E-state index is 13.0. The van der Waals surface area contributed by atoms with Crippen LogP contribution in [0.1, 0.15) is 53.6 Å². The van der Waals surface area contributed by atoms with Crippen molar-refractivity contribution in [2.75, 3.05) is 19.8 Å². The van der Waals surface area contributed by atoms with E-state index in [9.17, 15) is 13.6 Å². The number of nitrogens with zero attached hydrogens (tertiary/aromatic N) is 3. The van der Waals surface area contributed by atoms with Gasteiger partial charge in [-0.3, -0.25) is 4.79 Å². The summed E-state index contributed by atoms with van der Waals surface area (Å²) in [5.74, 6) is 0.752. The number of ether oxygens (including phenoxy) is 2. The van der Waals surface area contributed by atoms with E-state index in [0.717, 1.165) is 37.4 Å². The molecule has 1 aliphatic carbocycles. The second-order valence-corrected chi connectivity index (χ2v) is 8.22. The quantitative estimate of drug-likeness (QED) is 0.530. The fourth-order valence-electron chi connectivity index (χ4n) is 4.54. The Bertz CT molecular complexity index is 1150. The molecule has 0 bridgehead atoms. The second-order valence-electron chi connectivity index (χ2n) is 8.22. The molecule has 2 fully saturated rings. The van der Waals surface area contributed by atoms with Crippen molar-refractivity contribution in [3.8, 4) is 5.75 Å². The third kappa shape index (κ3) is 3.59. The van der Waals surface area contributed by atoms with Crippen LogP contribution in [0.5, 0.6) is 5.75 Å². The van der Waals surface area contributed by atoms with E-state index in [1.807, 2.05) is 29.8 Å². The Balaban J connectivity index is 1.46. The predicted molar refractivity (Wildman–Crippen MR) is 109 cm³/mol. The van der Waals surface area contributed by atoms with Gasteiger partial charge in [-0.1, -0.05) is 6.07 Å². The number of ketones is 1. The van der Waals surface area contributed by atoms with Crippen LogP contribution in [0, 0.1) is 5.92 Å². The molecular formula is C23H23F2N3O3. The summed E-state index contributed by atoms with van der Waals surface area (Å²) < 4.78 is 39.2. The largest absolute Gasteiger partial charge is 0.493 e. The number of hydrogen-bond acceptors (Lipinski definition) is 5. The maximum atomic E-state index is 13.0. The van der Waals surface area contributed by atoms with Crippen molar-refractivity contribution in [2.45, 2.75) is 38.0 Å². The van der Waals surface area contributed by atoms with E-state index in [-0.39, 0.29) is 23.3 Å². The summed E-state index contributed by atoms with van der Waals surface area (Å²) in [4.78, 5) is 21.5. The minimum Gasteiger partial charge on any atom is -0.493 e. The molecular weight excluding hydrogens is 404 g/mol. The first-order valence-electron chi connectivity index (χ1n) is 10.5. The van der Waals surface area contributed by atoms with Crippen molar-refractivity contribution in [3.63, 3.8) is 0 Å². The average Bonchev–Trinajstić information content (AvgIpc) is 3.39. The molecule has 0 amide bonds. The smallest absolute Gasteiger partial charge is 0.280 e. The summed E-state index contributed by atoms with van der Waals surface area (Å²) in [7, 11) is 0. The minimum atomic E-state index is -2.72. The van der Waals surface area contributed by atoms with E-state index in [1.165, 1.54) is 18.2 Å². The molecule has 2 atom stereocenters. The van der Waals surface area contributed by atoms with Crippen molar-refractivity contribution in [1.82, 2.24) is 14.4 Å². The average molecular weight is 427 g/mol. The van der Waals surface area contributed by atoms with Gasteiger partial charge in [-0.15, -0.1) is 0 Å². The lowest BCUT2D eigenvalue weighted by atomic mass is 9.95. The van der Waals surface area contributed by atoms with E-state index in [0.29, 0.717) is 23.8 Å². The van der Waals surface area contributed by atoms with Crippen LogP contribution in [-0.4, -0.2) is 40.0 Å². The van der Waals surface area contributed by atoms with Crippen molar-refractivity contribution in [1.29, 1.82) is 0 Å². The Labute approximate surface area is 178 Å². The van der Waals surface area contributed by atoms with Crippen molar-refractivity contribution < 1.29 is 23.0 Å². The van der Waals surface area contributed by atoms with Gasteiger partial charge in [0, 0.05) is 42.5 Å². The van der Waals surface area contributed by atoms with Gasteiger partial charge >= 0.3 is 0 Å². The number of hydrogen-bond donors (Lipinski definition) is 0. The lowest BCUT2D eigenvalue weighted by molar-refractivity contribution is 0.0795. The van der Waals surface area contributed by atoms with Crippen LogP contribution >= 0.6 is 0 Å². The van der Waals surface area contributed by atoms with Gasteiger partial charge in [-0.05, 0) is 37.8 Å². The Morgan fingerprint density at radius 1 is 1.35 bits per heavy atom. The molecule has 2 aliphatic rings. The Kier molecular flexibility index (Phi) is 4.97. The Morgan fingerprint density at radius 3 is 3.00 bits per heavy atom. The minimum absolute atomic E-state index is 0.0000853. The van der Waals surface area contributed by atoms with E-state index < -0.39 is 12.1 Å². The molecule has 6 nitrogen and oxygen atoms in total. The first kappa shape index (κ1) is 20.1. The lowest BCUT2D eigenvalue weighted by Crippen LogP contribution is -2.21. The molecule has 1 saturated heterocycles. The highest BCUT2D eigenvalue weighted by Crippen LogP contribution is 2.58. The number of pyridine rings is 2. The highest BCUT2D eigenvalue weighted by molar-refractivity contribution is 5.96. The number of halogens is 2. The van der Waals surface area contributed by atoms with Gasteiger partial charge in [0.05, 0.1) is 18.9 Å². The van der Waals surface area contributed by atoms with Gasteiger partial charge in [0.1, 0.15) is 22.8 Å². The van der Waals surface area contributed by atoms with Crippen molar-refractivity contribution >= 4 is 11.4 Å². The summed E-state index contributed by atoms with van der Waals surface area (Å²) >= 11 is 0. The van der Waals surface area contributed by atoms with E-state index in [4.69, 9.17) is 14.5 Å². The summed E-state index contributed by atoms with van der Waals surface area (Å²) in [5, 5.41) is 0. The third-order valence-corrected chi connectivity index (χ3v) is 6.32. The highest BCUT2D eigenvalue weighted by atomic mass is 19.3. The zero-order valence-electron chi connectivity index (χ0n) is 17.2. The molecule has 1 aliphatic heterocycles. The molecule has 162 valence electrons. The molecule has 1 saturated carbocycles. The molecule has 31 heavy (non-hydrogen) atoms. The molecule has 0 N–H and O–H groups in total. The molecule has 5 rings (SSSR count). The van der Waals surface area contributed by atoms with Crippen LogP contribution in [0.25, 0.3) is 5.65 Å². The van der Waals surface area contributed by atoms with Crippen LogP contribution in [0.15, 0.2) is 36.7 Å². The zero-order valence-corrected chi connectivity index (χ0v) is 17.2. The fourth-order valence-corrected chi connectivity index (χ4v) is 4.54. The van der Waals surface area contributed by atoms with Gasteiger partial charge in [0.2, 0.25) is 0 Å². The number of carbonyl (C=O) groups excluding carboxylic acids is 1. The number of aromatic nitrogens is 3. The van der Waals surface area contributed by atoms with Gasteiger partial charge in [0.15, 0.2) is 5.78 Å². The van der Waals surface area contributed by atoms with E-state index >= 15 is 0 Å². The van der Waals surface area contributed by atoms with Gasteiger partial charge in [-0.2, -0.15) is 0 Å². The van der Waals surface area contributed by atoms with Crippen LogP contribution in [-0.2, 0) is 16.6 Å². The lowest BCUT2D eigenvalue weighted by Gasteiger charge is -2.19. The van der Waals surface area contributed by atoms with Crippen LogP contribution in [0.4, 0.5) is 8.78 Å². The number of Topliss-reactive ketones (excluding diaryl/α,β-unsaturated/α-hetero) is 1. The number of alkyl halides is 2. The molecule has 3 aromatic rings. The van der Waals surface area contributed by atoms with Gasteiger partial charge < -0.3 is 13.9 Å². The summed E-state index contributed by atoms with van der Waals surface area (Å²) in [6.45, 7) is 3.84. The molecule has 0 radical (unpaired) electrons. The molecule has 8 heteroatoms. The standard InChI is InChI=1S/C23H23F2N3O3/c1-2-31-19-9-21-27-20(23-6-7-30-13-15(23)10-23)12-28(21)11-14(19)8-18(29)16-4-3-5-17(26-16)22(24)25/h3-5,9,11-12,15,22H,2,6-8,10,13H2,1H3/t15-,23+/m1/s1. The normalized spacial score (nSPS) is 22.5. The van der Waals surface area contributed by atoms with Crippen molar-refractivity contribution in [2.24, 2.45) is 5.92 Å². The highest BCUT2D eigenvalue weighted by Gasteiger charge is 2.58. The van der Waals surface area contributed by atoms with Gasteiger partial charge in [0.25, 0.3) is 6.43 Å². The number of carbonyl (C=O) groups is 1. The molecule has 4 heterocycles. The zero-order chi connectivity index (χ0) is 21.6. The topological polar surface area (TPSA) is 65.7 Å². The molecule has 0 unspecified atom stereocenters. The maximum Gasteiger partial charge on any atom is 0.280 e. The summed E-state index contributed by atoms with van der Waals surface area (Å²) in [6, 6.07) is 5.94. The van der Waals surface area contributed by atoms with Gasteiger partial charge in [-0.25, -0.2) is 18.7 Å². The Hall–Kier alpha value is -2.87. The van der Waals surface area contributed by atoms with E-state index in [2.05, 4.69) is 4.98 Å². The van der Waals surface area contributed by atoms with E-state index in [1.54, 1.807) is 0 Å². The van der Waals surface area contributed by atoms with Crippen LogP contribution in [0.3, 0.4) is 0 Å². The van der Waals surface area contributed by atoms with Crippen LogP contribution < -0.4 is 4.74 Å². The fraction of sp³-hybridized carbons (Fsp3) is 0.435. The summed E-state index contributed by atoms with van der Waals surface area (Å²) in [5.41, 5.74) is 2.21. The molecule has 3 aromatic heterocycles. The Morgan fingerprint density at radius 2 is 2.23 bits per heavy atom.